The average molecular weight is 397 g/mol. The van der Waals surface area contributed by atoms with Gasteiger partial charge in [-0.3, -0.25) is 9.59 Å². The first-order valence-corrected chi connectivity index (χ1v) is 9.18. The van der Waals surface area contributed by atoms with Gasteiger partial charge in [0.05, 0.1) is 25.5 Å². The number of amides is 1. The van der Waals surface area contributed by atoms with Gasteiger partial charge in [-0.25, -0.2) is 0 Å². The minimum absolute atomic E-state index is 0.0631. The van der Waals surface area contributed by atoms with E-state index in [0.29, 0.717) is 24.3 Å². The fraction of sp³-hybridized carbons (Fsp3) is 0.286. The van der Waals surface area contributed by atoms with Crippen LogP contribution in [0.1, 0.15) is 18.4 Å². The fourth-order valence-corrected chi connectivity index (χ4v) is 3.23. The van der Waals surface area contributed by atoms with Gasteiger partial charge in [-0.15, -0.1) is 0 Å². The van der Waals surface area contributed by atoms with Gasteiger partial charge < -0.3 is 25.7 Å². The highest BCUT2D eigenvalue weighted by molar-refractivity contribution is 5.97. The topological polar surface area (TPSA) is 123 Å². The molecule has 29 heavy (non-hydrogen) atoms. The molecule has 1 heterocycles. The zero-order valence-electron chi connectivity index (χ0n) is 16.0. The minimum atomic E-state index is -0.387. The number of carbonyl (C=O) groups excluding carboxylic acids is 2. The molecule has 4 N–H and O–H groups in total. The number of rotatable bonds is 7. The molecular weight excluding hydrogens is 374 g/mol. The standard InChI is InChI=1S/C21H23N3O5/c1-28-19(25)11-16-10-17(23-21(16)26)12-29-18-8-6-14(7-9-18)13-2-4-15(5-3-13)20(22)24-27/h2-9,16-17,27H,10-12H2,1H3,(H2,22,24)(H,23,26)/t16-,17-/m0/s1. The van der Waals surface area contributed by atoms with E-state index in [4.69, 9.17) is 15.7 Å². The summed E-state index contributed by atoms with van der Waals surface area (Å²) in [5.41, 5.74) is 8.19. The predicted octanol–water partition coefficient (Wildman–Crippen LogP) is 1.89. The molecule has 2 atom stereocenters. The summed E-state index contributed by atoms with van der Waals surface area (Å²) in [6.07, 6.45) is 0.626. The zero-order chi connectivity index (χ0) is 20.8. The van der Waals surface area contributed by atoms with E-state index in [1.807, 2.05) is 36.4 Å². The number of nitrogens with zero attached hydrogens (tertiary/aromatic N) is 1. The van der Waals surface area contributed by atoms with Gasteiger partial charge in [-0.1, -0.05) is 41.6 Å². The van der Waals surface area contributed by atoms with E-state index in [1.54, 1.807) is 12.1 Å². The number of hydrogen-bond acceptors (Lipinski definition) is 6. The fourth-order valence-electron chi connectivity index (χ4n) is 3.23. The van der Waals surface area contributed by atoms with Crippen molar-refractivity contribution in [1.29, 1.82) is 0 Å². The number of amidine groups is 1. The van der Waals surface area contributed by atoms with Crippen LogP contribution in [0, 0.1) is 5.92 Å². The summed E-state index contributed by atoms with van der Waals surface area (Å²) in [6.45, 7) is 0.331. The smallest absolute Gasteiger partial charge is 0.306 e. The third kappa shape index (κ3) is 5.04. The molecule has 2 aromatic rings. The second kappa shape index (κ2) is 9.09. The number of methoxy groups -OCH3 is 1. The van der Waals surface area contributed by atoms with Crippen molar-refractivity contribution in [2.24, 2.45) is 16.8 Å². The van der Waals surface area contributed by atoms with Crippen molar-refractivity contribution in [3.05, 3.63) is 54.1 Å². The van der Waals surface area contributed by atoms with Crippen LogP contribution < -0.4 is 15.8 Å². The summed E-state index contributed by atoms with van der Waals surface area (Å²) in [5, 5.41) is 14.6. The van der Waals surface area contributed by atoms with Crippen LogP contribution in [0.4, 0.5) is 0 Å². The van der Waals surface area contributed by atoms with Gasteiger partial charge in [-0.2, -0.15) is 0 Å². The van der Waals surface area contributed by atoms with Crippen molar-refractivity contribution >= 4 is 17.7 Å². The summed E-state index contributed by atoms with van der Waals surface area (Å²) in [6, 6.07) is 14.8. The molecule has 0 unspecified atom stereocenters. The largest absolute Gasteiger partial charge is 0.491 e. The van der Waals surface area contributed by atoms with E-state index < -0.39 is 0 Å². The highest BCUT2D eigenvalue weighted by atomic mass is 16.5. The lowest BCUT2D eigenvalue weighted by molar-refractivity contribution is -0.143. The van der Waals surface area contributed by atoms with E-state index in [-0.39, 0.29) is 36.1 Å². The lowest BCUT2D eigenvalue weighted by Gasteiger charge is -2.12. The van der Waals surface area contributed by atoms with Crippen LogP contribution in [0.15, 0.2) is 53.7 Å². The summed E-state index contributed by atoms with van der Waals surface area (Å²) >= 11 is 0. The Bertz CT molecular complexity index is 894. The first-order valence-electron chi connectivity index (χ1n) is 9.18. The molecule has 0 aliphatic carbocycles. The molecule has 0 radical (unpaired) electrons. The van der Waals surface area contributed by atoms with Crippen molar-refractivity contribution in [3.63, 3.8) is 0 Å². The Labute approximate surface area is 168 Å². The summed E-state index contributed by atoms with van der Waals surface area (Å²) in [4.78, 5) is 23.3. The van der Waals surface area contributed by atoms with Crippen molar-refractivity contribution in [3.8, 4) is 16.9 Å². The van der Waals surface area contributed by atoms with Crippen LogP contribution in [0.3, 0.4) is 0 Å². The monoisotopic (exact) mass is 397 g/mol. The number of carbonyl (C=O) groups is 2. The number of ether oxygens (including phenoxy) is 2. The maximum atomic E-state index is 11.9. The molecule has 8 nitrogen and oxygen atoms in total. The molecule has 2 aromatic carbocycles. The van der Waals surface area contributed by atoms with Crippen LogP contribution in [-0.2, 0) is 14.3 Å². The number of nitrogens with two attached hydrogens (primary N) is 1. The number of nitrogens with one attached hydrogen (secondary N) is 1. The Kier molecular flexibility index (Phi) is 6.33. The summed E-state index contributed by atoms with van der Waals surface area (Å²) in [7, 11) is 1.31. The molecule has 1 amide bonds. The molecule has 1 saturated heterocycles. The maximum Gasteiger partial charge on any atom is 0.306 e. The minimum Gasteiger partial charge on any atom is -0.491 e. The molecule has 152 valence electrons. The Morgan fingerprint density at radius 1 is 1.17 bits per heavy atom. The molecule has 0 aromatic heterocycles. The van der Waals surface area contributed by atoms with Gasteiger partial charge in [0.2, 0.25) is 5.91 Å². The van der Waals surface area contributed by atoms with Crippen molar-refractivity contribution in [2.75, 3.05) is 13.7 Å². The first-order chi connectivity index (χ1) is 14.0. The van der Waals surface area contributed by atoms with Crippen LogP contribution in [-0.4, -0.2) is 42.7 Å². The number of benzene rings is 2. The van der Waals surface area contributed by atoms with Crippen LogP contribution in [0.5, 0.6) is 5.75 Å². The lowest BCUT2D eigenvalue weighted by atomic mass is 10.0. The second-order valence-electron chi connectivity index (χ2n) is 6.82. The molecule has 1 aliphatic rings. The van der Waals surface area contributed by atoms with E-state index in [9.17, 15) is 9.59 Å². The molecular formula is C21H23N3O5. The third-order valence-electron chi connectivity index (χ3n) is 4.85. The quantitative estimate of drug-likeness (QED) is 0.216. The average Bonchev–Trinajstić information content (AvgIpc) is 3.11. The SMILES string of the molecule is COC(=O)C[C@@H]1C[C@@H](COc2ccc(-c3ccc(/C(N)=N/O)cc3)cc2)NC1=O. The van der Waals surface area contributed by atoms with E-state index in [1.165, 1.54) is 7.11 Å². The molecule has 1 fully saturated rings. The maximum absolute atomic E-state index is 11.9. The van der Waals surface area contributed by atoms with Crippen LogP contribution in [0.25, 0.3) is 11.1 Å². The van der Waals surface area contributed by atoms with E-state index >= 15 is 0 Å². The Hall–Kier alpha value is -3.55. The Morgan fingerprint density at radius 2 is 1.79 bits per heavy atom. The van der Waals surface area contributed by atoms with Crippen LogP contribution >= 0.6 is 0 Å². The Balaban J connectivity index is 1.55. The highest BCUT2D eigenvalue weighted by Crippen LogP contribution is 2.24. The normalized spacial score (nSPS) is 18.9. The molecule has 0 bridgehead atoms. The summed E-state index contributed by atoms with van der Waals surface area (Å²) < 4.78 is 10.4. The van der Waals surface area contributed by atoms with Gasteiger partial charge in [-0.05, 0) is 29.7 Å². The Morgan fingerprint density at radius 3 is 2.38 bits per heavy atom. The van der Waals surface area contributed by atoms with E-state index in [2.05, 4.69) is 15.2 Å². The number of oxime groups is 1. The molecule has 0 spiro atoms. The zero-order valence-corrected chi connectivity index (χ0v) is 16.0. The molecule has 0 saturated carbocycles. The van der Waals surface area contributed by atoms with Gasteiger partial charge >= 0.3 is 5.97 Å². The summed E-state index contributed by atoms with van der Waals surface area (Å²) in [5.74, 6) is -0.150. The number of esters is 1. The number of hydrogen-bond donors (Lipinski definition) is 3. The van der Waals surface area contributed by atoms with Gasteiger partial charge in [0, 0.05) is 5.56 Å². The van der Waals surface area contributed by atoms with Gasteiger partial charge in [0.15, 0.2) is 5.84 Å². The second-order valence-corrected chi connectivity index (χ2v) is 6.82. The van der Waals surface area contributed by atoms with Gasteiger partial charge in [0.1, 0.15) is 12.4 Å². The predicted molar refractivity (Wildman–Crippen MR) is 107 cm³/mol. The van der Waals surface area contributed by atoms with E-state index in [0.717, 1.165) is 11.1 Å². The first kappa shape index (κ1) is 20.2. The highest BCUT2D eigenvalue weighted by Gasteiger charge is 2.34. The molecule has 3 rings (SSSR count). The van der Waals surface area contributed by atoms with Crippen molar-refractivity contribution in [1.82, 2.24) is 5.32 Å². The van der Waals surface area contributed by atoms with Crippen LogP contribution in [0.2, 0.25) is 0 Å². The van der Waals surface area contributed by atoms with Crippen molar-refractivity contribution in [2.45, 2.75) is 18.9 Å². The molecule has 1 aliphatic heterocycles. The molecule has 8 heteroatoms. The van der Waals surface area contributed by atoms with Gasteiger partial charge in [0.25, 0.3) is 0 Å². The van der Waals surface area contributed by atoms with Crippen molar-refractivity contribution < 1.29 is 24.3 Å². The third-order valence-corrected chi connectivity index (χ3v) is 4.85. The lowest BCUT2D eigenvalue weighted by Crippen LogP contribution is -2.31.